The lowest BCUT2D eigenvalue weighted by atomic mass is 10.0. The molecule has 0 bridgehead atoms. The lowest BCUT2D eigenvalue weighted by Gasteiger charge is -2.01. The SMILES string of the molecule is Cc1cccc(CCc2nn(C)c(N)c2C#N)c1. The highest BCUT2D eigenvalue weighted by molar-refractivity contribution is 5.52. The first kappa shape index (κ1) is 12.2. The van der Waals surface area contributed by atoms with Gasteiger partial charge in [0.1, 0.15) is 17.5 Å². The van der Waals surface area contributed by atoms with Crippen LogP contribution < -0.4 is 5.73 Å². The van der Waals surface area contributed by atoms with E-state index in [2.05, 4.69) is 36.3 Å². The number of hydrogen-bond donors (Lipinski definition) is 1. The van der Waals surface area contributed by atoms with E-state index >= 15 is 0 Å². The van der Waals surface area contributed by atoms with Gasteiger partial charge in [-0.15, -0.1) is 0 Å². The van der Waals surface area contributed by atoms with Gasteiger partial charge >= 0.3 is 0 Å². The molecule has 1 aromatic carbocycles. The molecule has 0 amide bonds. The second-order valence-electron chi connectivity index (χ2n) is 4.43. The summed E-state index contributed by atoms with van der Waals surface area (Å²) in [6.45, 7) is 2.07. The van der Waals surface area contributed by atoms with E-state index in [1.54, 1.807) is 11.7 Å². The van der Waals surface area contributed by atoms with Gasteiger partial charge in [0.2, 0.25) is 0 Å². The molecule has 1 aromatic heterocycles. The van der Waals surface area contributed by atoms with Crippen molar-refractivity contribution in [1.82, 2.24) is 9.78 Å². The van der Waals surface area contributed by atoms with Crippen molar-refractivity contribution in [3.8, 4) is 6.07 Å². The highest BCUT2D eigenvalue weighted by Crippen LogP contribution is 2.17. The Labute approximate surface area is 107 Å². The third-order valence-electron chi connectivity index (χ3n) is 3.01. The summed E-state index contributed by atoms with van der Waals surface area (Å²) in [5.41, 5.74) is 9.56. The molecule has 2 rings (SSSR count). The lowest BCUT2D eigenvalue weighted by Crippen LogP contribution is -1.98. The fraction of sp³-hybridized carbons (Fsp3) is 0.286. The molecule has 0 unspecified atom stereocenters. The minimum atomic E-state index is 0.441. The molecule has 0 fully saturated rings. The number of rotatable bonds is 3. The Morgan fingerprint density at radius 1 is 1.39 bits per heavy atom. The van der Waals surface area contributed by atoms with Crippen LogP contribution in [0.3, 0.4) is 0 Å². The van der Waals surface area contributed by atoms with Crippen LogP contribution in [-0.2, 0) is 19.9 Å². The van der Waals surface area contributed by atoms with Gasteiger partial charge in [0.05, 0.1) is 5.69 Å². The van der Waals surface area contributed by atoms with E-state index in [0.717, 1.165) is 18.5 Å². The van der Waals surface area contributed by atoms with Crippen LogP contribution in [0.5, 0.6) is 0 Å². The summed E-state index contributed by atoms with van der Waals surface area (Å²) in [6, 6.07) is 10.5. The van der Waals surface area contributed by atoms with E-state index in [1.807, 2.05) is 6.07 Å². The second-order valence-corrected chi connectivity index (χ2v) is 4.43. The number of hydrogen-bond acceptors (Lipinski definition) is 3. The van der Waals surface area contributed by atoms with Crippen LogP contribution in [0.2, 0.25) is 0 Å². The molecule has 1 heterocycles. The molecule has 0 radical (unpaired) electrons. The van der Waals surface area contributed by atoms with Crippen LogP contribution in [-0.4, -0.2) is 9.78 Å². The van der Waals surface area contributed by atoms with Crippen molar-refractivity contribution in [3.63, 3.8) is 0 Å². The third kappa shape index (κ3) is 2.35. The van der Waals surface area contributed by atoms with Gasteiger partial charge in [0, 0.05) is 7.05 Å². The quantitative estimate of drug-likeness (QED) is 0.891. The first-order valence-electron chi connectivity index (χ1n) is 5.89. The number of aromatic nitrogens is 2. The zero-order valence-corrected chi connectivity index (χ0v) is 10.6. The minimum absolute atomic E-state index is 0.441. The number of nitrogen functional groups attached to an aromatic ring is 1. The van der Waals surface area contributed by atoms with Crippen molar-refractivity contribution in [2.24, 2.45) is 7.05 Å². The van der Waals surface area contributed by atoms with E-state index in [4.69, 9.17) is 11.0 Å². The predicted molar refractivity (Wildman–Crippen MR) is 70.9 cm³/mol. The van der Waals surface area contributed by atoms with Crippen LogP contribution >= 0.6 is 0 Å². The highest BCUT2D eigenvalue weighted by Gasteiger charge is 2.12. The maximum atomic E-state index is 9.07. The number of nitriles is 1. The van der Waals surface area contributed by atoms with Gasteiger partial charge in [0.15, 0.2) is 0 Å². The Hall–Kier alpha value is -2.28. The average molecular weight is 240 g/mol. The molecule has 0 atom stereocenters. The molecule has 0 saturated carbocycles. The van der Waals surface area contributed by atoms with Crippen molar-refractivity contribution in [2.45, 2.75) is 19.8 Å². The smallest absolute Gasteiger partial charge is 0.139 e. The summed E-state index contributed by atoms with van der Waals surface area (Å²) in [6.07, 6.45) is 1.60. The number of nitrogens with two attached hydrogens (primary N) is 1. The predicted octanol–water partition coefficient (Wildman–Crippen LogP) is 1.97. The minimum Gasteiger partial charge on any atom is -0.383 e. The molecule has 0 saturated heterocycles. The van der Waals surface area contributed by atoms with Gasteiger partial charge in [-0.1, -0.05) is 29.8 Å². The summed E-state index contributed by atoms with van der Waals surface area (Å²) in [4.78, 5) is 0. The number of aryl methyl sites for hydroxylation is 4. The van der Waals surface area contributed by atoms with E-state index in [-0.39, 0.29) is 0 Å². The Balaban J connectivity index is 2.16. The topological polar surface area (TPSA) is 67.6 Å². The zero-order valence-electron chi connectivity index (χ0n) is 10.6. The van der Waals surface area contributed by atoms with E-state index < -0.39 is 0 Å². The van der Waals surface area contributed by atoms with E-state index in [1.165, 1.54) is 11.1 Å². The summed E-state index contributed by atoms with van der Waals surface area (Å²) in [5, 5.41) is 13.4. The Morgan fingerprint density at radius 3 is 2.83 bits per heavy atom. The van der Waals surface area contributed by atoms with Gasteiger partial charge in [-0.25, -0.2) is 0 Å². The van der Waals surface area contributed by atoms with Gasteiger partial charge in [0.25, 0.3) is 0 Å². The van der Waals surface area contributed by atoms with Crippen LogP contribution in [0.15, 0.2) is 24.3 Å². The normalized spacial score (nSPS) is 10.3. The molecule has 92 valence electrons. The van der Waals surface area contributed by atoms with Gasteiger partial charge in [-0.3, -0.25) is 4.68 Å². The molecule has 0 aliphatic rings. The molecular weight excluding hydrogens is 224 g/mol. The van der Waals surface area contributed by atoms with Crippen LogP contribution in [0.4, 0.5) is 5.82 Å². The zero-order chi connectivity index (χ0) is 13.1. The van der Waals surface area contributed by atoms with Crippen molar-refractivity contribution in [3.05, 3.63) is 46.6 Å². The molecular formula is C14H16N4. The number of nitrogens with zero attached hydrogens (tertiary/aromatic N) is 3. The largest absolute Gasteiger partial charge is 0.383 e. The summed E-state index contributed by atoms with van der Waals surface area (Å²) in [7, 11) is 1.76. The molecule has 4 heteroatoms. The van der Waals surface area contributed by atoms with Crippen molar-refractivity contribution >= 4 is 5.82 Å². The first-order valence-corrected chi connectivity index (χ1v) is 5.89. The maximum absolute atomic E-state index is 9.07. The van der Waals surface area contributed by atoms with Crippen LogP contribution in [0.25, 0.3) is 0 Å². The molecule has 18 heavy (non-hydrogen) atoms. The molecule has 0 aliphatic heterocycles. The average Bonchev–Trinajstić information content (AvgIpc) is 2.62. The molecule has 0 spiro atoms. The van der Waals surface area contributed by atoms with Crippen LogP contribution in [0, 0.1) is 18.3 Å². The Bertz CT molecular complexity index is 605. The summed E-state index contributed by atoms with van der Waals surface area (Å²) in [5.74, 6) is 0.441. The van der Waals surface area contributed by atoms with Crippen molar-refractivity contribution in [2.75, 3.05) is 5.73 Å². The number of anilines is 1. The fourth-order valence-corrected chi connectivity index (χ4v) is 2.02. The first-order chi connectivity index (χ1) is 8.61. The number of benzene rings is 1. The molecule has 2 N–H and O–H groups in total. The summed E-state index contributed by atoms with van der Waals surface area (Å²) >= 11 is 0. The Morgan fingerprint density at radius 2 is 2.17 bits per heavy atom. The van der Waals surface area contributed by atoms with Crippen LogP contribution in [0.1, 0.15) is 22.4 Å². The lowest BCUT2D eigenvalue weighted by molar-refractivity contribution is 0.745. The summed E-state index contributed by atoms with van der Waals surface area (Å²) < 4.78 is 1.56. The fourth-order valence-electron chi connectivity index (χ4n) is 2.02. The van der Waals surface area contributed by atoms with Gasteiger partial charge in [-0.05, 0) is 25.3 Å². The Kier molecular flexibility index (Phi) is 3.33. The second kappa shape index (κ2) is 4.92. The van der Waals surface area contributed by atoms with Gasteiger partial charge < -0.3 is 5.73 Å². The van der Waals surface area contributed by atoms with Crippen molar-refractivity contribution in [1.29, 1.82) is 5.26 Å². The molecule has 2 aromatic rings. The third-order valence-corrected chi connectivity index (χ3v) is 3.01. The monoisotopic (exact) mass is 240 g/mol. The van der Waals surface area contributed by atoms with E-state index in [0.29, 0.717) is 11.4 Å². The van der Waals surface area contributed by atoms with E-state index in [9.17, 15) is 0 Å². The van der Waals surface area contributed by atoms with Crippen molar-refractivity contribution < 1.29 is 0 Å². The highest BCUT2D eigenvalue weighted by atomic mass is 15.3. The molecule has 0 aliphatic carbocycles. The maximum Gasteiger partial charge on any atom is 0.139 e. The van der Waals surface area contributed by atoms with Gasteiger partial charge in [-0.2, -0.15) is 10.4 Å². The molecule has 4 nitrogen and oxygen atoms in total. The standard InChI is InChI=1S/C14H16N4/c1-10-4-3-5-11(8-10)6-7-13-12(9-15)14(16)18(2)17-13/h3-5,8H,6-7,16H2,1-2H3.